The second-order valence-electron chi connectivity index (χ2n) is 6.37. The summed E-state index contributed by atoms with van der Waals surface area (Å²) >= 11 is 0. The van der Waals surface area contributed by atoms with E-state index >= 15 is 0 Å². The Morgan fingerprint density at radius 2 is 2.04 bits per heavy atom. The van der Waals surface area contributed by atoms with Crippen LogP contribution in [-0.2, 0) is 4.74 Å². The second kappa shape index (κ2) is 9.11. The Balaban J connectivity index is 1.95. The molecule has 2 heterocycles. The van der Waals surface area contributed by atoms with Gasteiger partial charge in [0.2, 0.25) is 0 Å². The van der Waals surface area contributed by atoms with Crippen LogP contribution in [0.2, 0.25) is 0 Å². The van der Waals surface area contributed by atoms with Gasteiger partial charge in [0.25, 0.3) is 0 Å². The lowest BCUT2D eigenvalue weighted by Gasteiger charge is -2.33. The maximum atomic E-state index is 5.37. The Bertz CT molecular complexity index is 819. The molecule has 0 radical (unpaired) electrons. The highest BCUT2D eigenvalue weighted by atomic mass is 16.5. The number of amidine groups is 1. The van der Waals surface area contributed by atoms with Crippen LogP contribution in [0.5, 0.6) is 0 Å². The van der Waals surface area contributed by atoms with E-state index in [4.69, 9.17) is 16.2 Å². The van der Waals surface area contributed by atoms with Gasteiger partial charge in [-0.1, -0.05) is 24.1 Å². The van der Waals surface area contributed by atoms with E-state index in [2.05, 4.69) is 51.8 Å². The lowest BCUT2D eigenvalue weighted by Crippen LogP contribution is -2.47. The highest BCUT2D eigenvalue weighted by Gasteiger charge is 2.22. The van der Waals surface area contributed by atoms with Crippen molar-refractivity contribution in [2.75, 3.05) is 45.7 Å². The smallest absolute Gasteiger partial charge is 0.136 e. The van der Waals surface area contributed by atoms with Crippen molar-refractivity contribution in [1.82, 2.24) is 10.2 Å². The summed E-state index contributed by atoms with van der Waals surface area (Å²) in [6.45, 7) is 3.81. The first-order valence-electron chi connectivity index (χ1n) is 9.19. The Labute approximate surface area is 161 Å². The van der Waals surface area contributed by atoms with E-state index in [-0.39, 0.29) is 0 Å². The number of aliphatic imine (C=N–C) groups is 1. The van der Waals surface area contributed by atoms with Crippen LogP contribution >= 0.6 is 0 Å². The minimum atomic E-state index is 0.645. The molecule has 2 aliphatic rings. The Morgan fingerprint density at radius 3 is 2.67 bits per heavy atom. The molecule has 27 heavy (non-hydrogen) atoms. The van der Waals surface area contributed by atoms with Crippen LogP contribution in [0.4, 0.5) is 5.69 Å². The average Bonchev–Trinajstić information content (AvgIpc) is 2.74. The molecule has 5 nitrogen and oxygen atoms in total. The monoisotopic (exact) mass is 362 g/mol. The highest BCUT2D eigenvalue weighted by molar-refractivity contribution is 6.23. The molecular formula is C22H26N4O. The van der Waals surface area contributed by atoms with Crippen molar-refractivity contribution in [3.8, 4) is 12.3 Å². The zero-order valence-electron chi connectivity index (χ0n) is 16.0. The molecule has 1 aromatic carbocycles. The van der Waals surface area contributed by atoms with Crippen LogP contribution in [0, 0.1) is 12.3 Å². The van der Waals surface area contributed by atoms with Gasteiger partial charge in [0.05, 0.1) is 12.8 Å². The fourth-order valence-corrected chi connectivity index (χ4v) is 3.22. The van der Waals surface area contributed by atoms with Gasteiger partial charge in [-0.3, -0.25) is 0 Å². The summed E-state index contributed by atoms with van der Waals surface area (Å²) in [5.74, 6) is 4.17. The predicted octanol–water partition coefficient (Wildman–Crippen LogP) is 2.87. The molecule has 0 saturated carbocycles. The van der Waals surface area contributed by atoms with Gasteiger partial charge in [0.1, 0.15) is 11.6 Å². The summed E-state index contributed by atoms with van der Waals surface area (Å²) in [4.78, 5) is 7.32. The average molecular weight is 362 g/mol. The van der Waals surface area contributed by atoms with Gasteiger partial charge in [-0.15, -0.1) is 6.42 Å². The number of anilines is 1. The van der Waals surface area contributed by atoms with Crippen molar-refractivity contribution >= 4 is 17.1 Å². The molecule has 3 rings (SSSR count). The normalized spacial score (nSPS) is 19.2. The van der Waals surface area contributed by atoms with Crippen molar-refractivity contribution in [3.63, 3.8) is 0 Å². The quantitative estimate of drug-likeness (QED) is 0.639. The fourth-order valence-electron chi connectivity index (χ4n) is 3.22. The molecular weight excluding hydrogens is 336 g/mol. The first kappa shape index (κ1) is 18.8. The summed E-state index contributed by atoms with van der Waals surface area (Å²) in [5, 5.41) is 6.57. The van der Waals surface area contributed by atoms with Crippen LogP contribution in [0.15, 0.2) is 58.9 Å². The molecule has 2 N–H and O–H groups in total. The van der Waals surface area contributed by atoms with E-state index in [1.165, 1.54) is 11.1 Å². The van der Waals surface area contributed by atoms with E-state index in [0.29, 0.717) is 5.76 Å². The topological polar surface area (TPSA) is 48.9 Å². The molecule has 1 fully saturated rings. The zero-order chi connectivity index (χ0) is 19.1. The van der Waals surface area contributed by atoms with Crippen molar-refractivity contribution in [2.24, 2.45) is 4.99 Å². The van der Waals surface area contributed by atoms with Gasteiger partial charge in [-0.05, 0) is 17.7 Å². The Morgan fingerprint density at radius 1 is 1.30 bits per heavy atom. The molecule has 0 spiro atoms. The third-order valence-corrected chi connectivity index (χ3v) is 4.68. The van der Waals surface area contributed by atoms with Crippen LogP contribution < -0.4 is 10.6 Å². The van der Waals surface area contributed by atoms with Crippen LogP contribution in [-0.4, -0.2) is 51.1 Å². The number of terminal acetylenes is 1. The minimum absolute atomic E-state index is 0.645. The standard InChI is InChI=1S/C22H26N4O/c1-4-5-20(27-3)16-19-10-11-21(17-6-8-18(23-2)9-7-17)22(25-19)26-14-12-24-13-15-26/h1,5-9,11,16,23-24H,10,12-15H2,2-3H3/b19-16+,20-5+. The van der Waals surface area contributed by atoms with Crippen molar-refractivity contribution < 1.29 is 4.74 Å². The molecule has 2 aliphatic heterocycles. The molecule has 5 heteroatoms. The highest BCUT2D eigenvalue weighted by Crippen LogP contribution is 2.28. The summed E-state index contributed by atoms with van der Waals surface area (Å²) < 4.78 is 5.33. The van der Waals surface area contributed by atoms with Crippen molar-refractivity contribution in [1.29, 1.82) is 0 Å². The molecule has 0 bridgehead atoms. The van der Waals surface area contributed by atoms with Crippen LogP contribution in [0.3, 0.4) is 0 Å². The summed E-state index contributed by atoms with van der Waals surface area (Å²) in [5.41, 5.74) is 4.40. The van der Waals surface area contributed by atoms with E-state index in [0.717, 1.165) is 49.8 Å². The number of piperazine rings is 1. The van der Waals surface area contributed by atoms with E-state index in [1.54, 1.807) is 13.2 Å². The maximum absolute atomic E-state index is 5.37. The van der Waals surface area contributed by atoms with Gasteiger partial charge >= 0.3 is 0 Å². The number of methoxy groups -OCH3 is 1. The maximum Gasteiger partial charge on any atom is 0.136 e. The van der Waals surface area contributed by atoms with Gasteiger partial charge in [0, 0.05) is 63.1 Å². The Hall–Kier alpha value is -2.97. The SMILES string of the molecule is C#C/C=C(\C=C1/CC=C(c2ccc(NC)cc2)C(N2CCNCC2)=N1)OC. The number of allylic oxidation sites excluding steroid dienone is 3. The lowest BCUT2D eigenvalue weighted by molar-refractivity contribution is 0.306. The second-order valence-corrected chi connectivity index (χ2v) is 6.37. The number of hydrogen-bond acceptors (Lipinski definition) is 5. The minimum Gasteiger partial charge on any atom is -0.496 e. The predicted molar refractivity (Wildman–Crippen MR) is 112 cm³/mol. The number of hydrogen-bond donors (Lipinski definition) is 2. The van der Waals surface area contributed by atoms with E-state index in [1.807, 2.05) is 13.1 Å². The number of benzene rings is 1. The Kier molecular flexibility index (Phi) is 6.35. The molecule has 0 aromatic heterocycles. The summed E-state index contributed by atoms with van der Waals surface area (Å²) in [7, 11) is 3.55. The van der Waals surface area contributed by atoms with Gasteiger partial charge in [-0.25, -0.2) is 4.99 Å². The first-order valence-corrected chi connectivity index (χ1v) is 9.19. The van der Waals surface area contributed by atoms with Gasteiger partial charge < -0.3 is 20.3 Å². The summed E-state index contributed by atoms with van der Waals surface area (Å²) in [6, 6.07) is 8.47. The van der Waals surface area contributed by atoms with Gasteiger partial charge in [-0.2, -0.15) is 0 Å². The molecule has 0 atom stereocenters. The first-order chi connectivity index (χ1) is 13.2. The number of rotatable bonds is 4. The van der Waals surface area contributed by atoms with E-state index in [9.17, 15) is 0 Å². The molecule has 140 valence electrons. The molecule has 0 amide bonds. The molecule has 1 aromatic rings. The van der Waals surface area contributed by atoms with Gasteiger partial charge in [0.15, 0.2) is 0 Å². The lowest BCUT2D eigenvalue weighted by atomic mass is 9.99. The fraction of sp³-hybridized carbons (Fsp3) is 0.318. The number of ether oxygens (including phenoxy) is 1. The number of dihydropyridines is 1. The number of nitrogens with zero attached hydrogens (tertiary/aromatic N) is 2. The third-order valence-electron chi connectivity index (χ3n) is 4.68. The van der Waals surface area contributed by atoms with Crippen LogP contribution in [0.1, 0.15) is 12.0 Å². The number of nitrogens with one attached hydrogen (secondary N) is 2. The zero-order valence-corrected chi connectivity index (χ0v) is 16.0. The van der Waals surface area contributed by atoms with E-state index < -0.39 is 0 Å². The largest absolute Gasteiger partial charge is 0.496 e. The van der Waals surface area contributed by atoms with Crippen molar-refractivity contribution in [3.05, 3.63) is 59.5 Å². The molecule has 1 saturated heterocycles. The van der Waals surface area contributed by atoms with Crippen molar-refractivity contribution in [2.45, 2.75) is 6.42 Å². The third kappa shape index (κ3) is 4.60. The summed E-state index contributed by atoms with van der Waals surface area (Å²) in [6.07, 6.45) is 11.9. The molecule has 0 unspecified atom stereocenters. The molecule has 0 aliphatic carbocycles. The van der Waals surface area contributed by atoms with Crippen LogP contribution in [0.25, 0.3) is 5.57 Å².